The molecule has 4 atom stereocenters. The molecule has 0 unspecified atom stereocenters. The predicted octanol–water partition coefficient (Wildman–Crippen LogP) is 8.52. The maximum atomic E-state index is 14.6. The first-order valence-corrected chi connectivity index (χ1v) is 19.9. The summed E-state index contributed by atoms with van der Waals surface area (Å²) in [7, 11) is -4.62. The summed E-state index contributed by atoms with van der Waals surface area (Å²) in [6.07, 6.45) is -0.593. The molecule has 2 aliphatic rings. The summed E-state index contributed by atoms with van der Waals surface area (Å²) in [5, 5.41) is 0. The van der Waals surface area contributed by atoms with Gasteiger partial charge in [0.05, 0.1) is 18.2 Å². The largest absolute Gasteiger partial charge is 0.447 e. The third-order valence-corrected chi connectivity index (χ3v) is 23.4. The summed E-state index contributed by atoms with van der Waals surface area (Å²) in [6.45, 7) is 30.0. The minimum absolute atomic E-state index is 0.0777. The van der Waals surface area contributed by atoms with Crippen molar-refractivity contribution in [2.24, 2.45) is 0 Å². The number of carbonyl (C=O) groups is 2. The zero-order valence-corrected chi connectivity index (χ0v) is 29.4. The summed E-state index contributed by atoms with van der Waals surface area (Å²) in [6, 6.07) is 8.92. The highest BCUT2D eigenvalue weighted by Gasteiger charge is 2.66. The number of nitrogens with zero attached hydrogens (tertiary/aromatic N) is 2. The Bertz CT molecular complexity index is 983. The van der Waals surface area contributed by atoms with E-state index in [2.05, 4.69) is 94.6 Å². The lowest BCUT2D eigenvalue weighted by atomic mass is 9.91. The minimum atomic E-state index is -2.37. The van der Waals surface area contributed by atoms with Crippen molar-refractivity contribution in [3.05, 3.63) is 35.9 Å². The van der Waals surface area contributed by atoms with Crippen LogP contribution in [0.15, 0.2) is 30.3 Å². The van der Waals surface area contributed by atoms with Crippen LogP contribution in [-0.4, -0.2) is 62.8 Å². The Kier molecular flexibility index (Phi) is 10.1. The van der Waals surface area contributed by atoms with Gasteiger partial charge in [0.1, 0.15) is 12.6 Å². The Hall–Kier alpha value is -1.65. The lowest BCUT2D eigenvalue weighted by molar-refractivity contribution is -0.155. The first-order chi connectivity index (χ1) is 18.6. The van der Waals surface area contributed by atoms with E-state index in [1.165, 1.54) is 0 Å². The van der Waals surface area contributed by atoms with Crippen molar-refractivity contribution in [1.29, 1.82) is 0 Å². The second kappa shape index (κ2) is 12.3. The maximum Gasteiger partial charge on any atom is 0.411 e. The molecule has 1 aromatic carbocycles. The van der Waals surface area contributed by atoms with Gasteiger partial charge in [0.2, 0.25) is 14.2 Å². The van der Waals surface area contributed by atoms with Crippen LogP contribution in [0.25, 0.3) is 0 Å². The van der Waals surface area contributed by atoms with Gasteiger partial charge < -0.3 is 13.7 Å². The zero-order valence-electron chi connectivity index (χ0n) is 27.4. The fourth-order valence-electron chi connectivity index (χ4n) is 9.00. The van der Waals surface area contributed by atoms with Crippen LogP contribution in [0.4, 0.5) is 4.79 Å². The fourth-order valence-corrected chi connectivity index (χ4v) is 21.7. The van der Waals surface area contributed by atoms with Gasteiger partial charge in [-0.2, -0.15) is 0 Å². The Labute approximate surface area is 246 Å². The Balaban J connectivity index is 2.18. The average molecular weight is 589 g/mol. The number of rotatable bonds is 12. The highest BCUT2D eigenvalue weighted by Crippen LogP contribution is 2.52. The van der Waals surface area contributed by atoms with Gasteiger partial charge in [-0.25, -0.2) is 4.79 Å². The van der Waals surface area contributed by atoms with Crippen molar-refractivity contribution in [1.82, 2.24) is 9.47 Å². The van der Waals surface area contributed by atoms with Crippen molar-refractivity contribution in [3.63, 3.8) is 0 Å². The van der Waals surface area contributed by atoms with Crippen LogP contribution >= 0.6 is 0 Å². The quantitative estimate of drug-likeness (QED) is 0.181. The molecule has 2 aliphatic heterocycles. The van der Waals surface area contributed by atoms with Gasteiger partial charge in [0, 0.05) is 0 Å². The number of β-lactam (4-membered cyclic amide) rings is 1. The van der Waals surface area contributed by atoms with Crippen molar-refractivity contribution < 1.29 is 18.8 Å². The SMILES string of the molecule is CC(C)[Si](O[C@@H](C)[C@H]1[C@H](N2C(=O)OC[C@@H]2c2ccccc2)C(=O)N1[Si](C(C)C)(C(C)C)C(C)C)(C(C)C)C(C)C. The molecule has 0 saturated carbocycles. The number of ether oxygens (including phenoxy) is 1. The molecule has 0 N–H and O–H groups in total. The van der Waals surface area contributed by atoms with E-state index in [0.29, 0.717) is 33.2 Å². The van der Waals surface area contributed by atoms with Crippen LogP contribution in [0, 0.1) is 0 Å². The van der Waals surface area contributed by atoms with E-state index in [-0.39, 0.29) is 30.7 Å². The molecule has 2 heterocycles. The Morgan fingerprint density at radius 2 is 1.23 bits per heavy atom. The third-order valence-electron chi connectivity index (χ3n) is 10.3. The van der Waals surface area contributed by atoms with E-state index in [1.54, 1.807) is 4.90 Å². The molecule has 1 aromatic rings. The Morgan fingerprint density at radius 3 is 1.65 bits per heavy atom. The molecule has 0 radical (unpaired) electrons. The van der Waals surface area contributed by atoms with E-state index in [0.717, 1.165) is 5.56 Å². The molecule has 8 heteroatoms. The molecule has 40 heavy (non-hydrogen) atoms. The van der Waals surface area contributed by atoms with Crippen LogP contribution in [0.1, 0.15) is 102 Å². The van der Waals surface area contributed by atoms with Gasteiger partial charge in [-0.05, 0) is 45.7 Å². The first-order valence-electron chi connectivity index (χ1n) is 15.6. The summed E-state index contributed by atoms with van der Waals surface area (Å²) < 4.78 is 15.3. The van der Waals surface area contributed by atoms with Crippen LogP contribution in [0.5, 0.6) is 0 Å². The molecule has 0 spiro atoms. The van der Waals surface area contributed by atoms with Crippen molar-refractivity contribution in [2.75, 3.05) is 6.61 Å². The fraction of sp³-hybridized carbons (Fsp3) is 0.750. The minimum Gasteiger partial charge on any atom is -0.447 e. The third kappa shape index (κ3) is 5.10. The highest BCUT2D eigenvalue weighted by molar-refractivity contribution is 6.83. The monoisotopic (exact) mass is 588 g/mol. The van der Waals surface area contributed by atoms with Crippen LogP contribution in [-0.2, 0) is 14.0 Å². The topological polar surface area (TPSA) is 59.1 Å². The first kappa shape index (κ1) is 32.9. The molecule has 6 nitrogen and oxygen atoms in total. The molecule has 0 aromatic heterocycles. The Morgan fingerprint density at radius 1 is 0.750 bits per heavy atom. The number of hydrogen-bond acceptors (Lipinski definition) is 4. The highest BCUT2D eigenvalue weighted by atomic mass is 28.4. The molecule has 226 valence electrons. The summed E-state index contributed by atoms with van der Waals surface area (Å²) >= 11 is 0. The van der Waals surface area contributed by atoms with E-state index < -0.39 is 28.7 Å². The number of amides is 2. The van der Waals surface area contributed by atoms with Gasteiger partial charge in [0.25, 0.3) is 0 Å². The van der Waals surface area contributed by atoms with Gasteiger partial charge in [0.15, 0.2) is 8.24 Å². The van der Waals surface area contributed by atoms with Gasteiger partial charge >= 0.3 is 6.09 Å². The molecule has 2 saturated heterocycles. The molecule has 3 rings (SSSR count). The van der Waals surface area contributed by atoms with Crippen LogP contribution in [0.3, 0.4) is 0 Å². The second-order valence-corrected chi connectivity index (χ2v) is 25.2. The standard InChI is InChI=1S/C32H56N2O4Si2/c1-20(2)39(21(3)4,22(5)6)34-29(26(13)38-40(23(7)8,24(9)10)25(11)12)30(31(34)35)33-28(19-37-32(33)36)27-17-15-14-16-18-27/h14-18,20-26,28-30H,19H2,1-13H3/t26-,28+,29-,30-/m0/s1. The lowest BCUT2D eigenvalue weighted by Gasteiger charge is -2.64. The maximum absolute atomic E-state index is 14.6. The smallest absolute Gasteiger partial charge is 0.411 e. The van der Waals surface area contributed by atoms with E-state index in [4.69, 9.17) is 9.16 Å². The summed E-state index contributed by atoms with van der Waals surface area (Å²) in [5.74, 6) is 0.0777. The van der Waals surface area contributed by atoms with Crippen molar-refractivity contribution in [2.45, 2.75) is 147 Å². The molecule has 0 bridgehead atoms. The average Bonchev–Trinajstić information content (AvgIpc) is 3.23. The molecule has 0 aliphatic carbocycles. The van der Waals surface area contributed by atoms with Gasteiger partial charge in [-0.15, -0.1) is 0 Å². The molecular formula is C32H56N2O4Si2. The molecule has 2 amide bonds. The second-order valence-electron chi connectivity index (χ2n) is 14.0. The normalized spacial score (nSPS) is 23.3. The van der Waals surface area contributed by atoms with E-state index in [9.17, 15) is 9.59 Å². The zero-order chi connectivity index (χ0) is 30.3. The van der Waals surface area contributed by atoms with E-state index >= 15 is 0 Å². The number of benzene rings is 1. The predicted molar refractivity (Wildman–Crippen MR) is 169 cm³/mol. The van der Waals surface area contributed by atoms with E-state index in [1.807, 2.05) is 30.3 Å². The summed E-state index contributed by atoms with van der Waals surface area (Å²) in [4.78, 5) is 29.7. The number of cyclic esters (lactones) is 1. The van der Waals surface area contributed by atoms with Gasteiger partial charge in [-0.3, -0.25) is 9.69 Å². The lowest BCUT2D eigenvalue weighted by Crippen LogP contribution is -2.83. The van der Waals surface area contributed by atoms with Gasteiger partial charge in [-0.1, -0.05) is 113 Å². The molecule has 2 fully saturated rings. The van der Waals surface area contributed by atoms with Crippen LogP contribution in [0.2, 0.25) is 33.2 Å². The van der Waals surface area contributed by atoms with Crippen molar-refractivity contribution >= 4 is 28.6 Å². The number of carbonyl (C=O) groups excluding carboxylic acids is 2. The van der Waals surface area contributed by atoms with Crippen molar-refractivity contribution in [3.8, 4) is 0 Å². The summed E-state index contributed by atoms with van der Waals surface area (Å²) in [5.41, 5.74) is 3.37. The number of hydrogen-bond donors (Lipinski definition) is 0. The van der Waals surface area contributed by atoms with Crippen LogP contribution < -0.4 is 0 Å². The molecular weight excluding hydrogens is 533 g/mol.